The molecule has 0 aromatic carbocycles. The molecule has 0 spiro atoms. The molecule has 2 aliphatic rings. The second-order valence-corrected chi connectivity index (χ2v) is 8.29. The first kappa shape index (κ1) is 17.3. The number of methoxy groups -OCH3 is 2. The van der Waals surface area contributed by atoms with E-state index < -0.39 is 22.7 Å². The zero-order chi connectivity index (χ0) is 17.4. The second kappa shape index (κ2) is 6.79. The van der Waals surface area contributed by atoms with Crippen molar-refractivity contribution in [1.29, 1.82) is 0 Å². The van der Waals surface area contributed by atoms with Crippen molar-refractivity contribution < 1.29 is 23.3 Å². The van der Waals surface area contributed by atoms with Crippen molar-refractivity contribution in [2.45, 2.75) is 47.6 Å². The van der Waals surface area contributed by atoms with Crippen LogP contribution in [-0.2, 0) is 20.3 Å². The summed E-state index contributed by atoms with van der Waals surface area (Å²) in [6.07, 6.45) is 2.79. The molecule has 3 rings (SSSR count). The van der Waals surface area contributed by atoms with Gasteiger partial charge in [0.25, 0.3) is 0 Å². The molecule has 24 heavy (non-hydrogen) atoms. The van der Waals surface area contributed by atoms with Crippen molar-refractivity contribution in [2.75, 3.05) is 14.2 Å². The lowest BCUT2D eigenvalue weighted by molar-refractivity contribution is 0.0540. The molecule has 1 aromatic heterocycles. The molecule has 2 saturated heterocycles. The number of aromatic nitrogens is 3. The Morgan fingerprint density at radius 1 is 1.12 bits per heavy atom. The molecular weight excluding hydrogens is 358 g/mol. The third-order valence-electron chi connectivity index (χ3n) is 4.67. The fourth-order valence-electron chi connectivity index (χ4n) is 3.49. The lowest BCUT2D eigenvalue weighted by Gasteiger charge is -2.41. The number of fused-ring (bicyclic) bond motifs is 2. The summed E-state index contributed by atoms with van der Waals surface area (Å²) < 4.78 is 23.5. The molecule has 0 aliphatic carbocycles. The van der Waals surface area contributed by atoms with Gasteiger partial charge in [-0.3, -0.25) is 4.21 Å². The summed E-state index contributed by atoms with van der Waals surface area (Å²) in [6.45, 7) is 0. The smallest absolute Gasteiger partial charge is 0.361 e. The average molecular weight is 376 g/mol. The number of hydrogen-bond acceptors (Lipinski definition) is 7. The molecule has 3 heterocycles. The summed E-state index contributed by atoms with van der Waals surface area (Å²) in [6, 6.07) is -0.286. The van der Waals surface area contributed by atoms with E-state index in [0.717, 1.165) is 6.42 Å². The van der Waals surface area contributed by atoms with Crippen LogP contribution >= 0.6 is 11.6 Å². The Morgan fingerprint density at radius 3 is 2.46 bits per heavy atom. The van der Waals surface area contributed by atoms with E-state index in [1.807, 2.05) is 0 Å². The minimum atomic E-state index is -1.11. The Balaban J connectivity index is 2.00. The first-order chi connectivity index (χ1) is 11.5. The molecule has 2 fully saturated rings. The topological polar surface area (TPSA) is 100 Å². The van der Waals surface area contributed by atoms with Gasteiger partial charge in [-0.05, 0) is 25.7 Å². The first-order valence-electron chi connectivity index (χ1n) is 7.64. The largest absolute Gasteiger partial charge is 0.464 e. The molecule has 5 atom stereocenters. The van der Waals surface area contributed by atoms with Gasteiger partial charge >= 0.3 is 11.9 Å². The van der Waals surface area contributed by atoms with E-state index in [0.29, 0.717) is 19.3 Å². The van der Waals surface area contributed by atoms with E-state index in [9.17, 15) is 13.8 Å². The molecule has 2 aliphatic heterocycles. The maximum Gasteiger partial charge on any atom is 0.361 e. The molecule has 1 aromatic rings. The van der Waals surface area contributed by atoms with Gasteiger partial charge in [0, 0.05) is 16.2 Å². The minimum Gasteiger partial charge on any atom is -0.464 e. The number of halogens is 1. The van der Waals surface area contributed by atoms with Crippen molar-refractivity contribution in [1.82, 2.24) is 15.0 Å². The van der Waals surface area contributed by atoms with Gasteiger partial charge in [0.05, 0.1) is 30.8 Å². The van der Waals surface area contributed by atoms with Crippen molar-refractivity contribution >= 4 is 34.3 Å². The Bertz CT molecular complexity index is 694. The summed E-state index contributed by atoms with van der Waals surface area (Å²) >= 11 is 6.28. The van der Waals surface area contributed by atoms with Crippen LogP contribution < -0.4 is 0 Å². The van der Waals surface area contributed by atoms with E-state index in [1.165, 1.54) is 18.9 Å². The lowest BCUT2D eigenvalue weighted by atomic mass is 9.94. The second-order valence-electron chi connectivity index (χ2n) is 5.86. The number of carbonyl (C=O) groups excluding carboxylic acids is 2. The van der Waals surface area contributed by atoms with Crippen molar-refractivity contribution in [2.24, 2.45) is 0 Å². The van der Waals surface area contributed by atoms with Crippen LogP contribution in [0.2, 0.25) is 0 Å². The van der Waals surface area contributed by atoms with E-state index in [4.69, 9.17) is 16.3 Å². The van der Waals surface area contributed by atoms with E-state index in [1.54, 1.807) is 0 Å². The quantitative estimate of drug-likeness (QED) is 0.575. The highest BCUT2D eigenvalue weighted by atomic mass is 35.5. The standard InChI is InChI=1S/C14H18ClN3O5S/c1-22-13(19)11-12(14(20)23-2)18(17-16-11)8-4-6-9-7(15)3-5-10(8)24(9)21/h7-10H,3-6H2,1-2H3/t7-,8-,9-,10-,24?/m1/s1. The molecule has 0 radical (unpaired) electrons. The Labute approximate surface area is 146 Å². The Morgan fingerprint density at radius 2 is 1.79 bits per heavy atom. The van der Waals surface area contributed by atoms with Gasteiger partial charge in [0.1, 0.15) is 0 Å². The third-order valence-corrected chi connectivity index (χ3v) is 7.65. The molecule has 0 amide bonds. The Kier molecular flexibility index (Phi) is 4.91. The van der Waals surface area contributed by atoms with Crippen molar-refractivity contribution in [3.63, 3.8) is 0 Å². The third kappa shape index (κ3) is 2.73. The number of alkyl halides is 1. The molecular formula is C14H18ClN3O5S. The number of ether oxygens (including phenoxy) is 2. The van der Waals surface area contributed by atoms with Gasteiger partial charge in [-0.15, -0.1) is 16.7 Å². The van der Waals surface area contributed by atoms with E-state index in [2.05, 4.69) is 15.0 Å². The van der Waals surface area contributed by atoms with E-state index in [-0.39, 0.29) is 33.3 Å². The Hall–Kier alpha value is -1.48. The number of rotatable bonds is 3. The zero-order valence-electron chi connectivity index (χ0n) is 13.3. The van der Waals surface area contributed by atoms with Crippen LogP contribution in [0.1, 0.15) is 52.7 Å². The van der Waals surface area contributed by atoms with Gasteiger partial charge in [0.2, 0.25) is 5.69 Å². The van der Waals surface area contributed by atoms with Gasteiger partial charge in [-0.25, -0.2) is 14.3 Å². The molecule has 1 unspecified atom stereocenters. The van der Waals surface area contributed by atoms with Crippen molar-refractivity contribution in [3.8, 4) is 0 Å². The number of esters is 2. The summed E-state index contributed by atoms with van der Waals surface area (Å²) in [7, 11) is 1.30. The molecule has 8 nitrogen and oxygen atoms in total. The van der Waals surface area contributed by atoms with Gasteiger partial charge in [0.15, 0.2) is 5.69 Å². The van der Waals surface area contributed by atoms with Crippen molar-refractivity contribution in [3.05, 3.63) is 11.4 Å². The van der Waals surface area contributed by atoms with Crippen LogP contribution in [0.3, 0.4) is 0 Å². The molecule has 0 N–H and O–H groups in total. The number of carbonyl (C=O) groups is 2. The minimum absolute atomic E-state index is 0.0353. The van der Waals surface area contributed by atoms with Gasteiger partial charge in [-0.1, -0.05) is 5.21 Å². The summed E-state index contributed by atoms with van der Waals surface area (Å²) in [5.74, 6) is -1.49. The molecule has 2 bridgehead atoms. The number of nitrogens with zero attached hydrogens (tertiary/aromatic N) is 3. The average Bonchev–Trinajstić information content (AvgIpc) is 3.01. The normalized spacial score (nSPS) is 32.2. The van der Waals surface area contributed by atoms with E-state index >= 15 is 0 Å². The highest BCUT2D eigenvalue weighted by Crippen LogP contribution is 2.42. The van der Waals surface area contributed by atoms with Crippen LogP contribution in [0.25, 0.3) is 0 Å². The number of hydrogen-bond donors (Lipinski definition) is 0. The van der Waals surface area contributed by atoms with Gasteiger partial charge in [-0.2, -0.15) is 0 Å². The summed E-state index contributed by atoms with van der Waals surface area (Å²) in [5.41, 5.74) is -0.249. The predicted molar refractivity (Wildman–Crippen MR) is 85.6 cm³/mol. The zero-order valence-corrected chi connectivity index (χ0v) is 14.9. The van der Waals surface area contributed by atoms with Crippen LogP contribution in [0.15, 0.2) is 0 Å². The fraction of sp³-hybridized carbons (Fsp3) is 0.714. The molecule has 132 valence electrons. The molecule has 0 saturated carbocycles. The maximum absolute atomic E-state index is 12.7. The van der Waals surface area contributed by atoms with Crippen LogP contribution in [-0.4, -0.2) is 61.2 Å². The van der Waals surface area contributed by atoms with Crippen LogP contribution in [0, 0.1) is 0 Å². The maximum atomic E-state index is 12.7. The predicted octanol–water partition coefficient (Wildman–Crippen LogP) is 1.07. The highest BCUT2D eigenvalue weighted by Gasteiger charge is 2.46. The van der Waals surface area contributed by atoms with Crippen LogP contribution in [0.4, 0.5) is 0 Å². The SMILES string of the molecule is COC(=O)c1nnn([C@@H]2CC[C@@H]3[C@H](Cl)CC[C@H]2S3=O)c1C(=O)OC. The lowest BCUT2D eigenvalue weighted by Crippen LogP contribution is -2.47. The summed E-state index contributed by atoms with van der Waals surface area (Å²) in [4.78, 5) is 24.0. The highest BCUT2D eigenvalue weighted by molar-refractivity contribution is 7.86. The fourth-order valence-corrected chi connectivity index (χ4v) is 6.22. The molecule has 10 heteroatoms. The first-order valence-corrected chi connectivity index (χ1v) is 9.36. The van der Waals surface area contributed by atoms with Gasteiger partial charge < -0.3 is 9.47 Å². The van der Waals surface area contributed by atoms with Crippen LogP contribution in [0.5, 0.6) is 0 Å². The monoisotopic (exact) mass is 375 g/mol. The summed E-state index contributed by atoms with van der Waals surface area (Å²) in [5, 5.41) is 7.48.